The lowest BCUT2D eigenvalue weighted by atomic mass is 10.3. The van der Waals surface area contributed by atoms with Gasteiger partial charge in [-0.3, -0.25) is 0 Å². The number of halogens is 4. The molecule has 2 atom stereocenters. The summed E-state index contributed by atoms with van der Waals surface area (Å²) in [5.74, 6) is -0.855. The van der Waals surface area contributed by atoms with Crippen molar-refractivity contribution in [2.24, 2.45) is 0 Å². The molecule has 188 valence electrons. The number of carbonyl (C=O) groups excluding carboxylic acids is 2. The molecule has 0 heterocycles. The number of sulfone groups is 1. The maximum atomic E-state index is 13.4. The highest BCUT2D eigenvalue weighted by Gasteiger charge is 2.25. The van der Waals surface area contributed by atoms with Crippen LogP contribution in [0, 0.1) is 0 Å². The number of ether oxygens (including phenoxy) is 4. The summed E-state index contributed by atoms with van der Waals surface area (Å²) in [6, 6.07) is 5.45. The Balaban J connectivity index is 2.36. The second-order valence-corrected chi connectivity index (χ2v) is 12.0. The van der Waals surface area contributed by atoms with Crippen LogP contribution < -0.4 is 9.47 Å². The zero-order chi connectivity index (χ0) is 26.5. The molecule has 0 N–H and O–H groups in total. The molecule has 0 aromatic heterocycles. The third kappa shape index (κ3) is 7.66. The molecule has 0 bridgehead atoms. The van der Waals surface area contributed by atoms with Gasteiger partial charge in [0, 0.05) is 26.0 Å². The summed E-state index contributed by atoms with van der Waals surface area (Å²) < 4.78 is 49.1. The highest BCUT2D eigenvalue weighted by Crippen LogP contribution is 2.41. The lowest BCUT2D eigenvalue weighted by molar-refractivity contribution is -0.156. The number of hydrogen-bond donors (Lipinski definition) is 0. The van der Waals surface area contributed by atoms with Crippen molar-refractivity contribution in [1.29, 1.82) is 0 Å². The molecule has 2 rings (SSSR count). The van der Waals surface area contributed by atoms with E-state index < -0.39 is 34.4 Å². The Bertz CT molecular complexity index is 1140. The Hall–Kier alpha value is -1.67. The second-order valence-electron chi connectivity index (χ2n) is 6.59. The van der Waals surface area contributed by atoms with Crippen molar-refractivity contribution in [3.8, 4) is 11.5 Å². The van der Waals surface area contributed by atoms with Crippen LogP contribution in [0.5, 0.6) is 11.5 Å². The van der Waals surface area contributed by atoms with Crippen LogP contribution in [0.15, 0.2) is 77.3 Å². The van der Waals surface area contributed by atoms with E-state index in [-0.39, 0.29) is 21.3 Å². The molecule has 8 nitrogen and oxygen atoms in total. The van der Waals surface area contributed by atoms with Gasteiger partial charge >= 0.3 is 11.9 Å². The van der Waals surface area contributed by atoms with Crippen LogP contribution in [0.3, 0.4) is 0 Å². The topological polar surface area (TPSA) is 105 Å². The zero-order valence-corrected chi connectivity index (χ0v) is 25.4. The molecule has 0 amide bonds. The molecule has 0 saturated heterocycles. The molecule has 0 aliphatic rings. The number of hydrogen-bond acceptors (Lipinski definition) is 8. The van der Waals surface area contributed by atoms with E-state index in [0.717, 1.165) is 12.2 Å². The molecule has 2 aromatic rings. The Morgan fingerprint density at radius 1 is 0.743 bits per heavy atom. The van der Waals surface area contributed by atoms with Gasteiger partial charge in [-0.25, -0.2) is 18.0 Å². The first-order valence-corrected chi connectivity index (χ1v) is 14.2. The number of benzene rings is 2. The van der Waals surface area contributed by atoms with Crippen molar-refractivity contribution in [2.45, 2.75) is 36.2 Å². The van der Waals surface area contributed by atoms with E-state index in [0.29, 0.717) is 17.9 Å². The van der Waals surface area contributed by atoms with Gasteiger partial charge in [0.05, 0.1) is 27.7 Å². The van der Waals surface area contributed by atoms with Crippen LogP contribution in [0.4, 0.5) is 0 Å². The first kappa shape index (κ1) is 29.6. The summed E-state index contributed by atoms with van der Waals surface area (Å²) in [6.45, 7) is 9.64. The largest absolute Gasteiger partial charge is 0.453 e. The monoisotopic (exact) mass is 758 g/mol. The Kier molecular flexibility index (Phi) is 10.6. The van der Waals surface area contributed by atoms with Crippen molar-refractivity contribution in [3.05, 3.63) is 67.5 Å². The van der Waals surface area contributed by atoms with Gasteiger partial charge < -0.3 is 18.9 Å². The summed E-state index contributed by atoms with van der Waals surface area (Å²) >= 11 is 13.2. The van der Waals surface area contributed by atoms with Crippen LogP contribution in [0.25, 0.3) is 0 Å². The summed E-state index contributed by atoms with van der Waals surface area (Å²) in [7, 11) is -3.99. The molecule has 0 aliphatic heterocycles. The lowest BCUT2D eigenvalue weighted by Crippen LogP contribution is -2.20. The quantitative estimate of drug-likeness (QED) is 0.154. The van der Waals surface area contributed by atoms with Crippen molar-refractivity contribution in [1.82, 2.24) is 0 Å². The van der Waals surface area contributed by atoms with E-state index >= 15 is 0 Å². The second kappa shape index (κ2) is 12.5. The minimum atomic E-state index is -3.99. The first-order valence-electron chi connectivity index (χ1n) is 9.52. The maximum Gasteiger partial charge on any atom is 0.333 e. The molecule has 0 radical (unpaired) electrons. The van der Waals surface area contributed by atoms with Gasteiger partial charge in [0.15, 0.2) is 11.5 Å². The Labute approximate surface area is 236 Å². The van der Waals surface area contributed by atoms with Crippen LogP contribution in [0.2, 0.25) is 0 Å². The molecule has 0 spiro atoms. The SMILES string of the molecule is C=CC(=O)OC(C)Oc1c(Br)cc(S(=O)(=O)c2cc(Br)c(OC(C)OC(=O)C=C)c(Br)c2)cc1Br. The summed E-state index contributed by atoms with van der Waals surface area (Å²) in [5, 5.41) is 0. The van der Waals surface area contributed by atoms with Gasteiger partial charge in [-0.05, 0) is 88.0 Å². The smallest absolute Gasteiger partial charge is 0.333 e. The molecule has 13 heteroatoms. The summed E-state index contributed by atoms with van der Waals surface area (Å²) in [4.78, 5) is 22.6. The van der Waals surface area contributed by atoms with Crippen LogP contribution >= 0.6 is 63.7 Å². The average Bonchev–Trinajstić information content (AvgIpc) is 2.77. The maximum absolute atomic E-state index is 13.4. The van der Waals surface area contributed by atoms with E-state index in [4.69, 9.17) is 18.9 Å². The predicted octanol–water partition coefficient (Wildman–Crippen LogP) is 6.48. The van der Waals surface area contributed by atoms with Gasteiger partial charge in [0.1, 0.15) is 0 Å². The van der Waals surface area contributed by atoms with Crippen molar-refractivity contribution in [2.75, 3.05) is 0 Å². The van der Waals surface area contributed by atoms with E-state index in [1.807, 2.05) is 0 Å². The first-order chi connectivity index (χ1) is 16.3. The van der Waals surface area contributed by atoms with Gasteiger partial charge in [-0.1, -0.05) is 13.2 Å². The normalized spacial score (nSPS) is 12.7. The predicted molar refractivity (Wildman–Crippen MR) is 142 cm³/mol. The average molecular weight is 762 g/mol. The van der Waals surface area contributed by atoms with E-state index in [1.165, 1.54) is 38.1 Å². The summed E-state index contributed by atoms with van der Waals surface area (Å²) in [5.41, 5.74) is 0. The van der Waals surface area contributed by atoms with Gasteiger partial charge in [-0.15, -0.1) is 0 Å². The molecular formula is C22H18Br4O8S. The van der Waals surface area contributed by atoms with Crippen LogP contribution in [-0.4, -0.2) is 32.9 Å². The standard InChI is InChI=1S/C22H18Br4O8S/c1-5-19(27)31-11(3)33-21-15(23)7-13(8-16(21)24)35(29,30)14-9-17(25)22(18(26)10-14)34-12(4)32-20(28)6-2/h5-12H,1-2H2,3-4H3. The highest BCUT2D eigenvalue weighted by atomic mass is 79.9. The molecular weight excluding hydrogens is 744 g/mol. The van der Waals surface area contributed by atoms with Crippen LogP contribution in [0.1, 0.15) is 13.8 Å². The van der Waals surface area contributed by atoms with Crippen molar-refractivity contribution >= 4 is 85.5 Å². The molecule has 35 heavy (non-hydrogen) atoms. The highest BCUT2D eigenvalue weighted by molar-refractivity contribution is 9.11. The molecule has 2 unspecified atom stereocenters. The minimum Gasteiger partial charge on any atom is -0.453 e. The van der Waals surface area contributed by atoms with Crippen LogP contribution in [-0.2, 0) is 28.9 Å². The molecule has 0 aliphatic carbocycles. The Morgan fingerprint density at radius 2 is 1.03 bits per heavy atom. The fourth-order valence-electron chi connectivity index (χ4n) is 2.55. The fraction of sp³-hybridized carbons (Fsp3) is 0.182. The Morgan fingerprint density at radius 3 is 1.29 bits per heavy atom. The lowest BCUT2D eigenvalue weighted by Gasteiger charge is -2.18. The third-order valence-corrected chi connectivity index (χ3v) is 8.10. The van der Waals surface area contributed by atoms with E-state index in [2.05, 4.69) is 76.9 Å². The number of rotatable bonds is 10. The summed E-state index contributed by atoms with van der Waals surface area (Å²) in [6.07, 6.45) is 0.0905. The van der Waals surface area contributed by atoms with E-state index in [1.54, 1.807) is 0 Å². The van der Waals surface area contributed by atoms with Gasteiger partial charge in [0.25, 0.3) is 0 Å². The van der Waals surface area contributed by atoms with Gasteiger partial charge in [-0.2, -0.15) is 0 Å². The zero-order valence-electron chi connectivity index (χ0n) is 18.2. The van der Waals surface area contributed by atoms with E-state index in [9.17, 15) is 18.0 Å². The third-order valence-electron chi connectivity index (χ3n) is 4.03. The number of esters is 2. The number of carbonyl (C=O) groups is 2. The van der Waals surface area contributed by atoms with Crippen molar-refractivity contribution in [3.63, 3.8) is 0 Å². The molecule has 0 saturated carbocycles. The van der Waals surface area contributed by atoms with Crippen molar-refractivity contribution < 1.29 is 37.0 Å². The molecule has 2 aromatic carbocycles. The van der Waals surface area contributed by atoms with Gasteiger partial charge in [0.2, 0.25) is 22.4 Å². The molecule has 0 fully saturated rings. The fourth-order valence-corrected chi connectivity index (χ4v) is 7.27. The minimum absolute atomic E-state index is 0.0416.